The molecule has 2 aromatic rings. The largest absolute Gasteiger partial charge is 0.339 e. The summed E-state index contributed by atoms with van der Waals surface area (Å²) in [6, 6.07) is 5.23. The van der Waals surface area contributed by atoms with Gasteiger partial charge in [0.05, 0.1) is 5.02 Å². The Bertz CT molecular complexity index is 645. The van der Waals surface area contributed by atoms with Crippen LogP contribution >= 0.6 is 34.5 Å². The zero-order valence-electron chi connectivity index (χ0n) is 11.7. The van der Waals surface area contributed by atoms with Crippen LogP contribution in [0.15, 0.2) is 23.6 Å². The fourth-order valence-corrected chi connectivity index (χ4v) is 3.12. The molecule has 0 spiro atoms. The molecule has 1 aromatic heterocycles. The van der Waals surface area contributed by atoms with Gasteiger partial charge in [0, 0.05) is 36.1 Å². The highest BCUT2D eigenvalue weighted by atomic mass is 35.5. The number of benzene rings is 1. The second-order valence-corrected chi connectivity index (χ2v) is 6.19. The van der Waals surface area contributed by atoms with Crippen LogP contribution in [0, 0.1) is 0 Å². The molecular formula is C14H15Cl2N3OS. The minimum absolute atomic E-state index is 0.0992. The van der Waals surface area contributed by atoms with Gasteiger partial charge in [-0.25, -0.2) is 4.98 Å². The summed E-state index contributed by atoms with van der Waals surface area (Å²) >= 11 is 13.4. The Labute approximate surface area is 137 Å². The third kappa shape index (κ3) is 3.95. The number of carbonyl (C=O) groups is 1. The maximum atomic E-state index is 12.2. The van der Waals surface area contributed by atoms with E-state index in [0.717, 1.165) is 12.1 Å². The van der Waals surface area contributed by atoms with Gasteiger partial charge >= 0.3 is 0 Å². The first kappa shape index (κ1) is 16.2. The lowest BCUT2D eigenvalue weighted by molar-refractivity contribution is 0.0792. The van der Waals surface area contributed by atoms with E-state index in [1.807, 2.05) is 13.1 Å². The zero-order valence-corrected chi connectivity index (χ0v) is 14.0. The van der Waals surface area contributed by atoms with Crippen LogP contribution in [0.4, 0.5) is 0 Å². The molecular weight excluding hydrogens is 329 g/mol. The van der Waals surface area contributed by atoms with Crippen molar-refractivity contribution in [2.24, 2.45) is 0 Å². The van der Waals surface area contributed by atoms with E-state index in [4.69, 9.17) is 23.2 Å². The highest BCUT2D eigenvalue weighted by molar-refractivity contribution is 7.13. The normalized spacial score (nSPS) is 10.7. The first-order chi connectivity index (χ1) is 10.0. The Kier molecular flexibility index (Phi) is 5.58. The van der Waals surface area contributed by atoms with Gasteiger partial charge in [0.2, 0.25) is 0 Å². The number of nitrogens with one attached hydrogen (secondary N) is 1. The number of likely N-dealkylation sites (N-methyl/N-ethyl adjacent to an activating group) is 2. The van der Waals surface area contributed by atoms with Crippen LogP contribution in [0.1, 0.15) is 10.5 Å². The molecule has 7 heteroatoms. The summed E-state index contributed by atoms with van der Waals surface area (Å²) < 4.78 is 0. The number of thiazole rings is 1. The monoisotopic (exact) mass is 343 g/mol. The van der Waals surface area contributed by atoms with E-state index in [1.54, 1.807) is 29.5 Å². The van der Waals surface area contributed by atoms with Crippen LogP contribution in [0.3, 0.4) is 0 Å². The molecule has 0 aliphatic heterocycles. The summed E-state index contributed by atoms with van der Waals surface area (Å²) in [6.07, 6.45) is 0. The zero-order chi connectivity index (χ0) is 15.4. The molecule has 0 saturated carbocycles. The predicted molar refractivity (Wildman–Crippen MR) is 88.5 cm³/mol. The average Bonchev–Trinajstić information content (AvgIpc) is 2.93. The lowest BCUT2D eigenvalue weighted by atomic mass is 10.2. The third-order valence-corrected chi connectivity index (χ3v) is 4.35. The van der Waals surface area contributed by atoms with Gasteiger partial charge in [0.25, 0.3) is 5.91 Å². The number of amides is 1. The van der Waals surface area contributed by atoms with Gasteiger partial charge in [-0.05, 0) is 25.2 Å². The van der Waals surface area contributed by atoms with E-state index in [9.17, 15) is 4.79 Å². The highest BCUT2D eigenvalue weighted by Gasteiger charge is 2.16. The molecule has 0 atom stereocenters. The summed E-state index contributed by atoms with van der Waals surface area (Å²) in [5.74, 6) is -0.0992. The van der Waals surface area contributed by atoms with Crippen molar-refractivity contribution in [3.63, 3.8) is 0 Å². The molecule has 0 aliphatic rings. The first-order valence-electron chi connectivity index (χ1n) is 6.34. The van der Waals surface area contributed by atoms with E-state index in [0.29, 0.717) is 27.3 Å². The van der Waals surface area contributed by atoms with Crippen molar-refractivity contribution >= 4 is 40.4 Å². The van der Waals surface area contributed by atoms with E-state index in [1.165, 1.54) is 11.3 Å². The lowest BCUT2D eigenvalue weighted by Crippen LogP contribution is -2.32. The minimum Gasteiger partial charge on any atom is -0.339 e. The van der Waals surface area contributed by atoms with Crippen molar-refractivity contribution in [2.45, 2.75) is 0 Å². The van der Waals surface area contributed by atoms with Crippen molar-refractivity contribution in [1.82, 2.24) is 15.2 Å². The van der Waals surface area contributed by atoms with Crippen molar-refractivity contribution in [1.29, 1.82) is 0 Å². The minimum atomic E-state index is -0.0992. The molecule has 4 nitrogen and oxygen atoms in total. The molecule has 1 amide bonds. The Morgan fingerprint density at radius 1 is 1.43 bits per heavy atom. The van der Waals surface area contributed by atoms with Gasteiger partial charge < -0.3 is 10.2 Å². The number of hydrogen-bond donors (Lipinski definition) is 1. The fraction of sp³-hybridized carbons (Fsp3) is 0.286. The number of nitrogens with zero attached hydrogens (tertiary/aromatic N) is 2. The summed E-state index contributed by atoms with van der Waals surface area (Å²) in [4.78, 5) is 18.2. The quantitative estimate of drug-likeness (QED) is 0.904. The van der Waals surface area contributed by atoms with Gasteiger partial charge in [-0.1, -0.05) is 23.2 Å². The van der Waals surface area contributed by atoms with Gasteiger partial charge in [-0.15, -0.1) is 11.3 Å². The van der Waals surface area contributed by atoms with Gasteiger partial charge in [-0.3, -0.25) is 4.79 Å². The Morgan fingerprint density at radius 3 is 2.86 bits per heavy atom. The van der Waals surface area contributed by atoms with Crippen LogP contribution in [-0.2, 0) is 0 Å². The predicted octanol–water partition coefficient (Wildman–Crippen LogP) is 3.41. The lowest BCUT2D eigenvalue weighted by Gasteiger charge is -2.15. The van der Waals surface area contributed by atoms with E-state index >= 15 is 0 Å². The molecule has 0 bridgehead atoms. The van der Waals surface area contributed by atoms with Crippen LogP contribution in [0.5, 0.6) is 0 Å². The standard InChI is InChI=1S/C14H15Cl2N3OS/c1-17-5-6-19(2)14(20)12-8-21-13(18-12)10-4-3-9(15)7-11(10)16/h3-4,7-8,17H,5-6H2,1-2H3. The van der Waals surface area contributed by atoms with Crippen LogP contribution in [0.2, 0.25) is 10.0 Å². The molecule has 21 heavy (non-hydrogen) atoms. The van der Waals surface area contributed by atoms with E-state index in [2.05, 4.69) is 10.3 Å². The Hall–Kier alpha value is -1.14. The van der Waals surface area contributed by atoms with Crippen molar-refractivity contribution in [2.75, 3.05) is 27.2 Å². The molecule has 112 valence electrons. The fourth-order valence-electron chi connectivity index (χ4n) is 1.74. The topological polar surface area (TPSA) is 45.2 Å². The number of hydrogen-bond acceptors (Lipinski definition) is 4. The van der Waals surface area contributed by atoms with Gasteiger partial charge in [0.15, 0.2) is 0 Å². The molecule has 0 fully saturated rings. The summed E-state index contributed by atoms with van der Waals surface area (Å²) in [5, 5.41) is 6.57. The summed E-state index contributed by atoms with van der Waals surface area (Å²) in [7, 11) is 3.61. The molecule has 0 saturated heterocycles. The summed E-state index contributed by atoms with van der Waals surface area (Å²) in [5.41, 5.74) is 1.21. The summed E-state index contributed by atoms with van der Waals surface area (Å²) in [6.45, 7) is 1.37. The maximum Gasteiger partial charge on any atom is 0.273 e. The number of rotatable bonds is 5. The maximum absolute atomic E-state index is 12.2. The van der Waals surface area contributed by atoms with E-state index < -0.39 is 0 Å². The highest BCUT2D eigenvalue weighted by Crippen LogP contribution is 2.32. The molecule has 1 aromatic carbocycles. The molecule has 2 rings (SSSR count). The first-order valence-corrected chi connectivity index (χ1v) is 7.97. The van der Waals surface area contributed by atoms with Crippen molar-refractivity contribution in [3.05, 3.63) is 39.3 Å². The SMILES string of the molecule is CNCCN(C)C(=O)c1csc(-c2ccc(Cl)cc2Cl)n1. The molecule has 1 heterocycles. The van der Waals surface area contributed by atoms with Crippen molar-refractivity contribution in [3.8, 4) is 10.6 Å². The molecule has 0 radical (unpaired) electrons. The number of aromatic nitrogens is 1. The molecule has 0 aliphatic carbocycles. The van der Waals surface area contributed by atoms with Crippen LogP contribution in [-0.4, -0.2) is 43.0 Å². The smallest absolute Gasteiger partial charge is 0.273 e. The van der Waals surface area contributed by atoms with Crippen LogP contribution < -0.4 is 5.32 Å². The van der Waals surface area contributed by atoms with E-state index in [-0.39, 0.29) is 5.91 Å². The van der Waals surface area contributed by atoms with Crippen LogP contribution in [0.25, 0.3) is 10.6 Å². The Balaban J connectivity index is 2.19. The average molecular weight is 344 g/mol. The third-order valence-electron chi connectivity index (χ3n) is 2.93. The molecule has 0 unspecified atom stereocenters. The second-order valence-electron chi connectivity index (χ2n) is 4.49. The number of halogens is 2. The van der Waals surface area contributed by atoms with Crippen molar-refractivity contribution < 1.29 is 4.79 Å². The van der Waals surface area contributed by atoms with Gasteiger partial charge in [-0.2, -0.15) is 0 Å². The Morgan fingerprint density at radius 2 is 2.19 bits per heavy atom. The van der Waals surface area contributed by atoms with Gasteiger partial charge in [0.1, 0.15) is 10.7 Å². The molecule has 1 N–H and O–H groups in total. The second kappa shape index (κ2) is 7.22. The number of carbonyl (C=O) groups excluding carboxylic acids is 1.